The van der Waals surface area contributed by atoms with Crippen LogP contribution in [0.5, 0.6) is 0 Å². The van der Waals surface area contributed by atoms with Crippen LogP contribution in [0, 0.1) is 0 Å². The average molecular weight is 238 g/mol. The van der Waals surface area contributed by atoms with Gasteiger partial charge in [0.2, 0.25) is 5.91 Å². The third kappa shape index (κ3) is 3.26. The normalized spacial score (nSPS) is 22.9. The lowest BCUT2D eigenvalue weighted by Crippen LogP contribution is -2.46. The molecule has 0 aromatic rings. The van der Waals surface area contributed by atoms with Crippen LogP contribution in [-0.4, -0.2) is 48.6 Å². The first-order chi connectivity index (χ1) is 8.15. The first-order valence-corrected chi connectivity index (χ1v) is 6.00. The van der Waals surface area contributed by atoms with E-state index in [1.165, 1.54) is 0 Å². The summed E-state index contributed by atoms with van der Waals surface area (Å²) in [5.41, 5.74) is 2.77. The highest BCUT2D eigenvalue weighted by atomic mass is 16.2. The fraction of sp³-hybridized carbons (Fsp3) is 0.727. The molecular weight excluding hydrogens is 220 g/mol. The minimum atomic E-state index is -0.139. The second-order valence-electron chi connectivity index (χ2n) is 4.64. The Balaban J connectivity index is 1.83. The molecule has 0 radical (unpaired) electrons. The molecule has 0 spiro atoms. The van der Waals surface area contributed by atoms with Crippen LogP contribution in [0.1, 0.15) is 25.7 Å². The first kappa shape index (κ1) is 12.0. The number of piperidine rings is 1. The molecule has 17 heavy (non-hydrogen) atoms. The summed E-state index contributed by atoms with van der Waals surface area (Å²) < 4.78 is 0. The number of carbonyl (C=O) groups is 2. The van der Waals surface area contributed by atoms with E-state index in [1.54, 1.807) is 0 Å². The van der Waals surface area contributed by atoms with E-state index in [-0.39, 0.29) is 17.9 Å². The van der Waals surface area contributed by atoms with Gasteiger partial charge in [0.25, 0.3) is 5.91 Å². The van der Waals surface area contributed by atoms with Crippen molar-refractivity contribution in [3.8, 4) is 0 Å². The number of amides is 2. The van der Waals surface area contributed by atoms with Crippen molar-refractivity contribution in [2.75, 3.05) is 20.1 Å². The van der Waals surface area contributed by atoms with Crippen molar-refractivity contribution >= 4 is 17.5 Å². The molecule has 0 bridgehead atoms. The van der Waals surface area contributed by atoms with Crippen LogP contribution >= 0.6 is 0 Å². The van der Waals surface area contributed by atoms with Gasteiger partial charge in [-0.3, -0.25) is 9.59 Å². The fourth-order valence-electron chi connectivity index (χ4n) is 2.06. The van der Waals surface area contributed by atoms with E-state index in [0.29, 0.717) is 18.6 Å². The molecular formula is C11H18N4O2. The molecule has 0 saturated carbocycles. The molecule has 6 heteroatoms. The number of likely N-dealkylation sites (tertiary alicyclic amines) is 1. The van der Waals surface area contributed by atoms with Gasteiger partial charge >= 0.3 is 0 Å². The Bertz CT molecular complexity index is 345. The second-order valence-corrected chi connectivity index (χ2v) is 4.64. The van der Waals surface area contributed by atoms with Crippen LogP contribution in [-0.2, 0) is 9.59 Å². The molecule has 1 saturated heterocycles. The van der Waals surface area contributed by atoms with E-state index < -0.39 is 0 Å². The molecule has 2 heterocycles. The van der Waals surface area contributed by atoms with Crippen molar-refractivity contribution in [2.24, 2.45) is 5.10 Å². The molecule has 2 amide bonds. The zero-order valence-corrected chi connectivity index (χ0v) is 10.0. The average Bonchev–Trinajstić information content (AvgIpc) is 2.33. The van der Waals surface area contributed by atoms with Gasteiger partial charge < -0.3 is 10.2 Å². The third-order valence-corrected chi connectivity index (χ3v) is 3.22. The van der Waals surface area contributed by atoms with Gasteiger partial charge in [0.05, 0.1) is 0 Å². The summed E-state index contributed by atoms with van der Waals surface area (Å²) in [4.78, 5) is 25.0. The van der Waals surface area contributed by atoms with Gasteiger partial charge in [-0.2, -0.15) is 5.10 Å². The molecule has 6 nitrogen and oxygen atoms in total. The number of carbonyl (C=O) groups excluding carboxylic acids is 2. The lowest BCUT2D eigenvalue weighted by molar-refractivity contribution is -0.121. The van der Waals surface area contributed by atoms with Gasteiger partial charge in [0.15, 0.2) is 0 Å². The van der Waals surface area contributed by atoms with Crippen molar-refractivity contribution in [1.29, 1.82) is 0 Å². The van der Waals surface area contributed by atoms with E-state index in [1.807, 2.05) is 0 Å². The SMILES string of the molecule is CN1CCC(NC(=O)C2=NNC(=O)CC2)CC1. The van der Waals surface area contributed by atoms with Crippen molar-refractivity contribution < 1.29 is 9.59 Å². The topological polar surface area (TPSA) is 73.8 Å². The lowest BCUT2D eigenvalue weighted by atomic mass is 10.0. The quantitative estimate of drug-likeness (QED) is 0.678. The van der Waals surface area contributed by atoms with Crippen LogP contribution in [0.4, 0.5) is 0 Å². The van der Waals surface area contributed by atoms with E-state index in [4.69, 9.17) is 0 Å². The summed E-state index contributed by atoms with van der Waals surface area (Å²) >= 11 is 0. The van der Waals surface area contributed by atoms with Gasteiger partial charge in [0, 0.05) is 18.9 Å². The summed E-state index contributed by atoms with van der Waals surface area (Å²) in [6.07, 6.45) is 2.73. The predicted molar refractivity (Wildman–Crippen MR) is 63.5 cm³/mol. The Morgan fingerprint density at radius 2 is 2.12 bits per heavy atom. The van der Waals surface area contributed by atoms with Crippen LogP contribution in [0.15, 0.2) is 5.10 Å². The number of rotatable bonds is 2. The molecule has 2 rings (SSSR count). The van der Waals surface area contributed by atoms with E-state index in [0.717, 1.165) is 25.9 Å². The highest BCUT2D eigenvalue weighted by molar-refractivity contribution is 6.39. The monoisotopic (exact) mass is 238 g/mol. The zero-order valence-electron chi connectivity index (χ0n) is 10.0. The van der Waals surface area contributed by atoms with Gasteiger partial charge in [-0.1, -0.05) is 0 Å². The van der Waals surface area contributed by atoms with Crippen molar-refractivity contribution in [1.82, 2.24) is 15.6 Å². The maximum absolute atomic E-state index is 11.8. The number of nitrogens with one attached hydrogen (secondary N) is 2. The molecule has 94 valence electrons. The molecule has 2 aliphatic rings. The second kappa shape index (κ2) is 5.27. The van der Waals surface area contributed by atoms with Crippen LogP contribution in [0.25, 0.3) is 0 Å². The third-order valence-electron chi connectivity index (χ3n) is 3.22. The number of nitrogens with zero attached hydrogens (tertiary/aromatic N) is 2. The maximum atomic E-state index is 11.8. The minimum absolute atomic E-state index is 0.124. The molecule has 1 fully saturated rings. The molecule has 0 unspecified atom stereocenters. The number of hydrogen-bond acceptors (Lipinski definition) is 4. The highest BCUT2D eigenvalue weighted by Gasteiger charge is 2.23. The lowest BCUT2D eigenvalue weighted by Gasteiger charge is -2.29. The molecule has 0 aliphatic carbocycles. The van der Waals surface area contributed by atoms with Crippen molar-refractivity contribution in [3.63, 3.8) is 0 Å². The van der Waals surface area contributed by atoms with Crippen LogP contribution in [0.2, 0.25) is 0 Å². The summed E-state index contributed by atoms with van der Waals surface area (Å²) in [5.74, 6) is -0.264. The minimum Gasteiger partial charge on any atom is -0.348 e. The van der Waals surface area contributed by atoms with Crippen LogP contribution in [0.3, 0.4) is 0 Å². The molecule has 2 aliphatic heterocycles. The Morgan fingerprint density at radius 1 is 1.41 bits per heavy atom. The van der Waals surface area contributed by atoms with Gasteiger partial charge in [-0.25, -0.2) is 5.43 Å². The van der Waals surface area contributed by atoms with E-state index in [9.17, 15) is 9.59 Å². The first-order valence-electron chi connectivity index (χ1n) is 6.00. The Morgan fingerprint density at radius 3 is 2.71 bits per heavy atom. The smallest absolute Gasteiger partial charge is 0.267 e. The summed E-state index contributed by atoms with van der Waals surface area (Å²) in [7, 11) is 2.08. The molecule has 2 N–H and O–H groups in total. The predicted octanol–water partition coefficient (Wildman–Crippen LogP) is -0.537. The zero-order chi connectivity index (χ0) is 12.3. The number of hydrazone groups is 1. The van der Waals surface area contributed by atoms with Gasteiger partial charge in [-0.05, 0) is 33.0 Å². The van der Waals surface area contributed by atoms with E-state index >= 15 is 0 Å². The summed E-state index contributed by atoms with van der Waals surface area (Å²) in [6.45, 7) is 2.02. The molecule has 0 atom stereocenters. The largest absolute Gasteiger partial charge is 0.348 e. The van der Waals surface area contributed by atoms with Crippen molar-refractivity contribution in [2.45, 2.75) is 31.7 Å². The Hall–Kier alpha value is -1.43. The maximum Gasteiger partial charge on any atom is 0.267 e. The highest BCUT2D eigenvalue weighted by Crippen LogP contribution is 2.09. The van der Waals surface area contributed by atoms with Crippen molar-refractivity contribution in [3.05, 3.63) is 0 Å². The molecule has 0 aromatic carbocycles. The molecule has 0 aromatic heterocycles. The Labute approximate surface area is 100 Å². The summed E-state index contributed by atoms with van der Waals surface area (Å²) in [5, 5.41) is 6.76. The van der Waals surface area contributed by atoms with Gasteiger partial charge in [-0.15, -0.1) is 0 Å². The van der Waals surface area contributed by atoms with Crippen LogP contribution < -0.4 is 10.7 Å². The standard InChI is InChI=1S/C11H18N4O2/c1-15-6-4-8(5-7-15)12-11(17)9-2-3-10(16)14-13-9/h8H,2-7H2,1H3,(H,12,17)(H,14,16). The fourth-order valence-corrected chi connectivity index (χ4v) is 2.06. The number of hydrogen-bond donors (Lipinski definition) is 2. The Kier molecular flexibility index (Phi) is 3.73. The summed E-state index contributed by atoms with van der Waals surface area (Å²) in [6, 6.07) is 0.235. The van der Waals surface area contributed by atoms with E-state index in [2.05, 4.69) is 27.8 Å². The van der Waals surface area contributed by atoms with Gasteiger partial charge in [0.1, 0.15) is 5.71 Å².